The van der Waals surface area contributed by atoms with Gasteiger partial charge in [-0.25, -0.2) is 23.4 Å². The van der Waals surface area contributed by atoms with Crippen molar-refractivity contribution in [3.8, 4) is 5.75 Å². The number of amides is 2. The number of ether oxygens (including phenoxy) is 2. The topological polar surface area (TPSA) is 111 Å². The van der Waals surface area contributed by atoms with E-state index < -0.39 is 48.4 Å². The number of hydrogen-bond donors (Lipinski definition) is 2. The van der Waals surface area contributed by atoms with E-state index in [1.165, 1.54) is 36.6 Å². The minimum absolute atomic E-state index is 0.00102. The van der Waals surface area contributed by atoms with Gasteiger partial charge in [-0.15, -0.1) is 0 Å². The molecule has 0 fully saturated rings. The minimum Gasteiger partial charge on any atom is -0.485 e. The van der Waals surface area contributed by atoms with Gasteiger partial charge in [-0.1, -0.05) is 17.7 Å². The van der Waals surface area contributed by atoms with Crippen LogP contribution in [0, 0.1) is 18.6 Å². The molecule has 2 amide bonds. The van der Waals surface area contributed by atoms with Gasteiger partial charge in [0.25, 0.3) is 5.91 Å². The molecule has 0 aliphatic rings. The van der Waals surface area contributed by atoms with Crippen molar-refractivity contribution in [2.24, 2.45) is 0 Å². The normalized spacial score (nSPS) is 12.2. The molecule has 2 N–H and O–H groups in total. The van der Waals surface area contributed by atoms with E-state index >= 15 is 0 Å². The van der Waals surface area contributed by atoms with Gasteiger partial charge in [0.2, 0.25) is 0 Å². The molecule has 0 saturated carbocycles. The van der Waals surface area contributed by atoms with Gasteiger partial charge in [0, 0.05) is 24.8 Å². The molecule has 0 saturated heterocycles. The Hall–Kier alpha value is -3.94. The number of carbonyl (C=O) groups is 3. The number of rotatable bonds is 7. The molecule has 1 atom stereocenters. The fourth-order valence-electron chi connectivity index (χ4n) is 3.15. The second kappa shape index (κ2) is 11.0. The molecule has 2 aromatic heterocycles. The Balaban J connectivity index is 1.73. The average molecular weight is 549 g/mol. The third-order valence-corrected chi connectivity index (χ3v) is 5.03. The van der Waals surface area contributed by atoms with Gasteiger partial charge in [0.05, 0.1) is 16.3 Å². The third-order valence-electron chi connectivity index (χ3n) is 4.82. The number of nitrogens with zero attached hydrogens (tertiary/aromatic N) is 2. The number of pyridine rings is 1. The number of hydrogen-bond acceptors (Lipinski definition) is 6. The van der Waals surface area contributed by atoms with Gasteiger partial charge in [0.15, 0.2) is 11.4 Å². The van der Waals surface area contributed by atoms with Crippen molar-refractivity contribution in [1.29, 1.82) is 0 Å². The van der Waals surface area contributed by atoms with Crippen LogP contribution in [0.1, 0.15) is 28.7 Å². The molecule has 37 heavy (non-hydrogen) atoms. The highest BCUT2D eigenvalue weighted by Gasteiger charge is 2.42. The zero-order valence-corrected chi connectivity index (χ0v) is 19.8. The lowest BCUT2D eigenvalue weighted by molar-refractivity contribution is -0.192. The number of aryl methyl sites for hydroxylation is 1. The SMILES string of the molecule is Cc1nc2c(OCc3c(F)cccc3F)cc(Cl)cn2c1C(=O)NC(C)CNC(=O)OC(=O)C(F)(F)F. The number of benzene rings is 1. The Morgan fingerprint density at radius 1 is 1.19 bits per heavy atom. The van der Waals surface area contributed by atoms with Crippen molar-refractivity contribution in [2.45, 2.75) is 32.7 Å². The summed E-state index contributed by atoms with van der Waals surface area (Å²) in [5.41, 5.74) is 0.0144. The first kappa shape index (κ1) is 27.6. The van der Waals surface area contributed by atoms with E-state index in [0.717, 1.165) is 12.1 Å². The molecule has 0 spiro atoms. The number of imidazole rings is 1. The maximum Gasteiger partial charge on any atom is 0.491 e. The predicted molar refractivity (Wildman–Crippen MR) is 118 cm³/mol. The smallest absolute Gasteiger partial charge is 0.485 e. The van der Waals surface area contributed by atoms with E-state index in [-0.39, 0.29) is 39.9 Å². The van der Waals surface area contributed by atoms with E-state index in [9.17, 15) is 36.3 Å². The molecule has 0 bridgehead atoms. The van der Waals surface area contributed by atoms with E-state index in [2.05, 4.69) is 15.0 Å². The zero-order chi connectivity index (χ0) is 27.5. The van der Waals surface area contributed by atoms with Crippen LogP contribution in [-0.4, -0.2) is 46.1 Å². The molecule has 3 rings (SSSR count). The van der Waals surface area contributed by atoms with Crippen molar-refractivity contribution >= 4 is 35.2 Å². The first-order chi connectivity index (χ1) is 17.3. The lowest BCUT2D eigenvalue weighted by Crippen LogP contribution is -2.43. The quantitative estimate of drug-likeness (QED) is 0.261. The third kappa shape index (κ3) is 6.64. The molecule has 9 nitrogen and oxygen atoms in total. The van der Waals surface area contributed by atoms with Crippen LogP contribution in [0.4, 0.5) is 26.7 Å². The summed E-state index contributed by atoms with van der Waals surface area (Å²) in [7, 11) is 0. The lowest BCUT2D eigenvalue weighted by atomic mass is 10.2. The summed E-state index contributed by atoms with van der Waals surface area (Å²) in [6.07, 6.45) is -5.63. The predicted octanol–water partition coefficient (Wildman–Crippen LogP) is 4.09. The van der Waals surface area contributed by atoms with Crippen LogP contribution in [0.2, 0.25) is 5.02 Å². The van der Waals surface area contributed by atoms with Gasteiger partial charge in [0.1, 0.15) is 23.9 Å². The fraction of sp³-hybridized carbons (Fsp3) is 0.273. The lowest BCUT2D eigenvalue weighted by Gasteiger charge is -2.15. The van der Waals surface area contributed by atoms with E-state index in [1.807, 2.05) is 5.32 Å². The molecule has 0 aliphatic carbocycles. The molecule has 1 aromatic carbocycles. The van der Waals surface area contributed by atoms with Crippen LogP contribution in [-0.2, 0) is 16.1 Å². The highest BCUT2D eigenvalue weighted by molar-refractivity contribution is 6.30. The van der Waals surface area contributed by atoms with Gasteiger partial charge in [-0.05, 0) is 26.0 Å². The monoisotopic (exact) mass is 548 g/mol. The van der Waals surface area contributed by atoms with Gasteiger partial charge in [-0.3, -0.25) is 9.20 Å². The molecule has 198 valence electrons. The van der Waals surface area contributed by atoms with Crippen LogP contribution in [0.5, 0.6) is 5.75 Å². The van der Waals surface area contributed by atoms with E-state index in [0.29, 0.717) is 0 Å². The van der Waals surface area contributed by atoms with Gasteiger partial charge < -0.3 is 20.1 Å². The summed E-state index contributed by atoms with van der Waals surface area (Å²) in [5, 5.41) is 4.54. The molecular formula is C22H18ClF5N4O5. The highest BCUT2D eigenvalue weighted by Crippen LogP contribution is 2.28. The molecule has 3 aromatic rings. The second-order valence-electron chi connectivity index (χ2n) is 7.68. The maximum atomic E-state index is 13.9. The Morgan fingerprint density at radius 3 is 2.46 bits per heavy atom. The van der Waals surface area contributed by atoms with Crippen LogP contribution in [0.15, 0.2) is 30.5 Å². The summed E-state index contributed by atoms with van der Waals surface area (Å²) >= 11 is 6.14. The molecule has 0 aliphatic heterocycles. The second-order valence-corrected chi connectivity index (χ2v) is 8.12. The summed E-state index contributed by atoms with van der Waals surface area (Å²) < 4.78 is 74.8. The number of esters is 1. The number of alkyl carbamates (subject to hydrolysis) is 1. The van der Waals surface area contributed by atoms with Crippen molar-refractivity contribution in [3.63, 3.8) is 0 Å². The molecule has 2 heterocycles. The minimum atomic E-state index is -5.34. The summed E-state index contributed by atoms with van der Waals surface area (Å²) in [4.78, 5) is 39.2. The van der Waals surface area contributed by atoms with Crippen molar-refractivity contribution < 1.29 is 45.8 Å². The summed E-state index contributed by atoms with van der Waals surface area (Å²) in [5.74, 6) is -4.98. The fourth-order valence-corrected chi connectivity index (χ4v) is 3.35. The van der Waals surface area contributed by atoms with E-state index in [4.69, 9.17) is 16.3 Å². The number of nitrogens with one attached hydrogen (secondary N) is 2. The van der Waals surface area contributed by atoms with Crippen molar-refractivity contribution in [3.05, 3.63) is 64.1 Å². The first-order valence-corrected chi connectivity index (χ1v) is 10.8. The standard InChI is InChI=1S/C22H18ClF5N4O5/c1-10(7-29-21(35)37-20(34)22(26,27)28)30-19(33)17-11(2)31-18-16(6-12(23)8-32(17)18)36-9-13-14(24)4-3-5-15(13)25/h3-6,8,10H,7,9H2,1-2H3,(H,29,35)(H,30,33). The van der Waals surface area contributed by atoms with Crippen LogP contribution in [0.3, 0.4) is 0 Å². The molecular weight excluding hydrogens is 531 g/mol. The highest BCUT2D eigenvalue weighted by atomic mass is 35.5. The Bertz CT molecular complexity index is 1340. The van der Waals surface area contributed by atoms with Crippen molar-refractivity contribution in [1.82, 2.24) is 20.0 Å². The number of carbonyl (C=O) groups excluding carboxylic acids is 3. The Kier molecular flexibility index (Phi) is 8.21. The van der Waals surface area contributed by atoms with Crippen LogP contribution >= 0.6 is 11.6 Å². The number of aromatic nitrogens is 2. The van der Waals surface area contributed by atoms with Crippen molar-refractivity contribution in [2.75, 3.05) is 6.54 Å². The van der Waals surface area contributed by atoms with Gasteiger partial charge in [-0.2, -0.15) is 13.2 Å². The van der Waals surface area contributed by atoms with Crippen LogP contribution < -0.4 is 15.4 Å². The summed E-state index contributed by atoms with van der Waals surface area (Å²) in [6, 6.07) is 3.87. The van der Waals surface area contributed by atoms with E-state index in [1.54, 1.807) is 0 Å². The maximum absolute atomic E-state index is 13.9. The first-order valence-electron chi connectivity index (χ1n) is 10.4. The zero-order valence-electron chi connectivity index (χ0n) is 19.1. The largest absolute Gasteiger partial charge is 0.491 e. The number of fused-ring (bicyclic) bond motifs is 1. The number of halogens is 6. The Labute approximate surface area is 210 Å². The Morgan fingerprint density at radius 2 is 1.84 bits per heavy atom. The van der Waals surface area contributed by atoms with Crippen LogP contribution in [0.25, 0.3) is 5.65 Å². The molecule has 15 heteroatoms. The van der Waals surface area contributed by atoms with Gasteiger partial charge >= 0.3 is 18.2 Å². The summed E-state index contributed by atoms with van der Waals surface area (Å²) in [6.45, 7) is 2.05. The molecule has 0 radical (unpaired) electrons. The molecule has 1 unspecified atom stereocenters. The average Bonchev–Trinajstić information content (AvgIpc) is 3.12. The number of alkyl halides is 3.